The van der Waals surface area contributed by atoms with E-state index in [2.05, 4.69) is 19.2 Å². The number of methoxy groups -OCH3 is 1. The van der Waals surface area contributed by atoms with Gasteiger partial charge in [-0.15, -0.1) is 0 Å². The Morgan fingerprint density at radius 3 is 2.76 bits per heavy atom. The summed E-state index contributed by atoms with van der Waals surface area (Å²) in [5.41, 5.74) is -0.403. The molecule has 0 spiro atoms. The van der Waals surface area contributed by atoms with Crippen molar-refractivity contribution in [2.45, 2.75) is 58.7 Å². The molecule has 0 aliphatic carbocycles. The fourth-order valence-electron chi connectivity index (χ4n) is 3.60. The van der Waals surface area contributed by atoms with Crippen molar-refractivity contribution >= 4 is 15.9 Å². The van der Waals surface area contributed by atoms with E-state index < -0.39 is 15.7 Å². The molecule has 1 aromatic carbocycles. The van der Waals surface area contributed by atoms with Crippen LogP contribution in [0.2, 0.25) is 0 Å². The molecule has 1 amide bonds. The lowest BCUT2D eigenvalue weighted by molar-refractivity contribution is -0.0433. The van der Waals surface area contributed by atoms with Gasteiger partial charge in [-0.25, -0.2) is 8.42 Å². The fraction of sp³-hybridized carbons (Fsp3) is 0.667. The molecule has 1 heterocycles. The van der Waals surface area contributed by atoms with Crippen LogP contribution in [0.15, 0.2) is 24.3 Å². The number of amides is 1. The molecule has 1 aliphatic rings. The molecule has 2 rings (SSSR count). The van der Waals surface area contributed by atoms with E-state index in [-0.39, 0.29) is 24.2 Å². The first-order valence-corrected chi connectivity index (χ1v) is 11.8. The maximum Gasteiger partial charge on any atom is 0.251 e. The van der Waals surface area contributed by atoms with Crippen molar-refractivity contribution < 1.29 is 22.7 Å². The van der Waals surface area contributed by atoms with Crippen LogP contribution in [0.4, 0.5) is 0 Å². The Bertz CT molecular complexity index is 796. The van der Waals surface area contributed by atoms with E-state index in [1.165, 1.54) is 7.11 Å². The zero-order valence-corrected chi connectivity index (χ0v) is 18.9. The minimum Gasteiger partial charge on any atom is -0.497 e. The number of carbonyl (C=O) groups excluding carboxylic acids is 1. The molecule has 1 fully saturated rings. The number of nitrogens with zero attached hydrogens (tertiary/aromatic N) is 1. The average Bonchev–Trinajstić information content (AvgIpc) is 3.04. The lowest BCUT2D eigenvalue weighted by atomic mass is 10.0. The Hall–Kier alpha value is -1.64. The molecular formula is C21H34N2O5S. The zero-order chi connectivity index (χ0) is 21.7. The largest absolute Gasteiger partial charge is 0.497 e. The molecule has 0 saturated carbocycles. The quantitative estimate of drug-likeness (QED) is 0.622. The topological polar surface area (TPSA) is 84.9 Å². The molecule has 1 N–H and O–H groups in total. The van der Waals surface area contributed by atoms with E-state index in [9.17, 15) is 13.2 Å². The first-order valence-electron chi connectivity index (χ1n) is 10.2. The molecule has 0 aromatic heterocycles. The SMILES string of the molecule is CC[C@H]1CO[C@](C)(CCC(C)C)N1S(=O)(=O)CCNC(=O)c1cccc(OC)c1. The molecule has 7 nitrogen and oxygen atoms in total. The van der Waals surface area contributed by atoms with Crippen molar-refractivity contribution in [1.82, 2.24) is 9.62 Å². The van der Waals surface area contributed by atoms with Crippen LogP contribution >= 0.6 is 0 Å². The Balaban J connectivity index is 2.04. The van der Waals surface area contributed by atoms with Gasteiger partial charge in [-0.05, 0) is 50.3 Å². The lowest BCUT2D eigenvalue weighted by Crippen LogP contribution is -2.51. The summed E-state index contributed by atoms with van der Waals surface area (Å²) in [6.07, 6.45) is 2.22. The monoisotopic (exact) mass is 426 g/mol. The van der Waals surface area contributed by atoms with Crippen LogP contribution in [0, 0.1) is 5.92 Å². The third kappa shape index (κ3) is 5.93. The van der Waals surface area contributed by atoms with Crippen LogP contribution in [0.3, 0.4) is 0 Å². The second kappa shape index (κ2) is 9.91. The van der Waals surface area contributed by atoms with Crippen molar-refractivity contribution in [2.24, 2.45) is 5.92 Å². The fourth-order valence-corrected chi connectivity index (χ4v) is 5.55. The molecular weight excluding hydrogens is 392 g/mol. The van der Waals surface area contributed by atoms with Crippen LogP contribution in [0.25, 0.3) is 0 Å². The lowest BCUT2D eigenvalue weighted by Gasteiger charge is -2.36. The summed E-state index contributed by atoms with van der Waals surface area (Å²) in [7, 11) is -2.07. The Kier molecular flexibility index (Phi) is 8.08. The summed E-state index contributed by atoms with van der Waals surface area (Å²) in [5.74, 6) is 0.542. The van der Waals surface area contributed by atoms with E-state index in [0.717, 1.165) is 6.42 Å². The standard InChI is InChI=1S/C21H34N2O5S/c1-6-18-15-28-21(4,11-10-16(2)3)23(18)29(25,26)13-12-22-20(24)17-8-7-9-19(14-17)27-5/h7-9,14,16,18H,6,10-13,15H2,1-5H3,(H,22,24)/t18-,21+/m0/s1. The van der Waals surface area contributed by atoms with Crippen molar-refractivity contribution in [1.29, 1.82) is 0 Å². The van der Waals surface area contributed by atoms with Gasteiger partial charge in [0.25, 0.3) is 5.91 Å². The Labute approximate surface area is 174 Å². The van der Waals surface area contributed by atoms with E-state index in [1.807, 2.05) is 13.8 Å². The minimum atomic E-state index is -3.60. The summed E-state index contributed by atoms with van der Waals surface area (Å²) in [4.78, 5) is 12.3. The number of sulfonamides is 1. The highest BCUT2D eigenvalue weighted by Gasteiger charge is 2.49. The van der Waals surface area contributed by atoms with Crippen LogP contribution in [-0.2, 0) is 14.8 Å². The highest BCUT2D eigenvalue weighted by molar-refractivity contribution is 7.89. The smallest absolute Gasteiger partial charge is 0.251 e. The third-order valence-corrected chi connectivity index (χ3v) is 7.32. The molecule has 2 atom stereocenters. The van der Waals surface area contributed by atoms with Crippen molar-refractivity contribution in [2.75, 3.05) is 26.0 Å². The predicted octanol–water partition coefficient (Wildman–Crippen LogP) is 3.02. The van der Waals surface area contributed by atoms with E-state index in [4.69, 9.17) is 9.47 Å². The van der Waals surface area contributed by atoms with Crippen molar-refractivity contribution in [3.05, 3.63) is 29.8 Å². The van der Waals surface area contributed by atoms with Crippen LogP contribution in [0.5, 0.6) is 5.75 Å². The molecule has 1 aliphatic heterocycles. The van der Waals surface area contributed by atoms with Gasteiger partial charge in [0.15, 0.2) is 0 Å². The second-order valence-electron chi connectivity index (χ2n) is 8.08. The molecule has 0 radical (unpaired) electrons. The summed E-state index contributed by atoms with van der Waals surface area (Å²) < 4.78 is 38.9. The molecule has 1 aromatic rings. The summed E-state index contributed by atoms with van der Waals surface area (Å²) in [5, 5.41) is 2.70. The van der Waals surface area contributed by atoms with Crippen LogP contribution < -0.4 is 10.1 Å². The highest BCUT2D eigenvalue weighted by Crippen LogP contribution is 2.36. The number of ether oxygens (including phenoxy) is 2. The van der Waals surface area contributed by atoms with E-state index in [1.54, 1.807) is 28.6 Å². The number of benzene rings is 1. The van der Waals surface area contributed by atoms with Gasteiger partial charge in [-0.1, -0.05) is 26.8 Å². The zero-order valence-electron chi connectivity index (χ0n) is 18.1. The minimum absolute atomic E-state index is 0.0333. The van der Waals surface area contributed by atoms with Crippen molar-refractivity contribution in [3.8, 4) is 5.75 Å². The van der Waals surface area contributed by atoms with Gasteiger partial charge >= 0.3 is 0 Å². The van der Waals surface area contributed by atoms with Gasteiger partial charge in [0.05, 0.1) is 25.5 Å². The average molecular weight is 427 g/mol. The summed E-state index contributed by atoms with van der Waals surface area (Å²) in [6, 6.07) is 6.58. The predicted molar refractivity (Wildman–Crippen MR) is 113 cm³/mol. The maximum absolute atomic E-state index is 13.2. The van der Waals surface area contributed by atoms with Gasteiger partial charge in [0.1, 0.15) is 11.5 Å². The van der Waals surface area contributed by atoms with Crippen molar-refractivity contribution in [3.63, 3.8) is 0 Å². The third-order valence-electron chi connectivity index (χ3n) is 5.32. The molecule has 0 bridgehead atoms. The van der Waals surface area contributed by atoms with Crippen LogP contribution in [-0.4, -0.2) is 56.4 Å². The molecule has 1 saturated heterocycles. The van der Waals surface area contributed by atoms with E-state index >= 15 is 0 Å². The number of hydrogen-bond acceptors (Lipinski definition) is 5. The molecule has 164 valence electrons. The van der Waals surface area contributed by atoms with Gasteiger partial charge in [-0.3, -0.25) is 4.79 Å². The number of nitrogens with one attached hydrogen (secondary N) is 1. The number of carbonyl (C=O) groups is 1. The first kappa shape index (κ1) is 23.6. The summed E-state index contributed by atoms with van der Waals surface area (Å²) >= 11 is 0. The summed E-state index contributed by atoms with van der Waals surface area (Å²) in [6.45, 7) is 8.49. The highest BCUT2D eigenvalue weighted by atomic mass is 32.2. The molecule has 29 heavy (non-hydrogen) atoms. The number of rotatable bonds is 10. The normalized spacial score (nSPS) is 22.8. The molecule has 0 unspecified atom stereocenters. The van der Waals surface area contributed by atoms with Gasteiger partial charge in [0, 0.05) is 12.1 Å². The van der Waals surface area contributed by atoms with Gasteiger partial charge in [-0.2, -0.15) is 4.31 Å². The van der Waals surface area contributed by atoms with Gasteiger partial charge in [0.2, 0.25) is 10.0 Å². The van der Waals surface area contributed by atoms with E-state index in [0.29, 0.717) is 36.7 Å². The van der Waals surface area contributed by atoms with Gasteiger partial charge < -0.3 is 14.8 Å². The molecule has 8 heteroatoms. The maximum atomic E-state index is 13.2. The Morgan fingerprint density at radius 2 is 2.14 bits per heavy atom. The first-order chi connectivity index (χ1) is 13.6. The Morgan fingerprint density at radius 1 is 1.41 bits per heavy atom. The van der Waals surface area contributed by atoms with Crippen LogP contribution in [0.1, 0.15) is 57.3 Å². The second-order valence-corrected chi connectivity index (χ2v) is 10.0. The number of hydrogen-bond donors (Lipinski definition) is 1.